The van der Waals surface area contributed by atoms with Crippen molar-refractivity contribution in [3.8, 4) is 17.1 Å². The van der Waals surface area contributed by atoms with E-state index in [4.69, 9.17) is 4.42 Å². The van der Waals surface area contributed by atoms with Crippen LogP contribution in [-0.4, -0.2) is 21.8 Å². The summed E-state index contributed by atoms with van der Waals surface area (Å²) in [4.78, 5) is 4.35. The molecule has 0 radical (unpaired) electrons. The van der Waals surface area contributed by atoms with Crippen LogP contribution in [0.5, 0.6) is 0 Å². The topological polar surface area (TPSA) is 55.9 Å². The maximum Gasteiger partial charge on any atom is 0.322 e. The van der Waals surface area contributed by atoms with Crippen LogP contribution in [0.1, 0.15) is 5.69 Å². The fourth-order valence-corrected chi connectivity index (χ4v) is 1.87. The van der Waals surface area contributed by atoms with E-state index in [0.717, 1.165) is 16.8 Å². The van der Waals surface area contributed by atoms with Gasteiger partial charge in [-0.3, -0.25) is 0 Å². The predicted octanol–water partition coefficient (Wildman–Crippen LogP) is 2.25. The van der Waals surface area contributed by atoms with Crippen molar-refractivity contribution >= 4 is 0 Å². The van der Waals surface area contributed by atoms with Gasteiger partial charge in [0.05, 0.1) is 11.9 Å². The second-order valence-corrected chi connectivity index (χ2v) is 4.19. The standard InChI is InChI=1S/C14H14N4O/c1-15-8-13-10-19-14(17-13)18-9-12(7-16-18)11-5-3-2-4-6-11/h2-7,9-10,15H,8H2,1H3. The Bertz CT molecular complexity index is 657. The van der Waals surface area contributed by atoms with Crippen LogP contribution in [0, 0.1) is 0 Å². The Labute approximate surface area is 110 Å². The first kappa shape index (κ1) is 11.7. The Kier molecular flexibility index (Phi) is 3.12. The molecule has 2 aromatic heterocycles. The molecule has 0 amide bonds. The van der Waals surface area contributed by atoms with Crippen molar-refractivity contribution in [3.63, 3.8) is 0 Å². The number of oxazole rings is 1. The van der Waals surface area contributed by atoms with Crippen molar-refractivity contribution < 1.29 is 4.42 Å². The lowest BCUT2D eigenvalue weighted by molar-refractivity contribution is 0.509. The first-order valence-corrected chi connectivity index (χ1v) is 6.06. The summed E-state index contributed by atoms with van der Waals surface area (Å²) in [6.45, 7) is 0.677. The molecule has 2 heterocycles. The molecule has 3 aromatic rings. The maximum absolute atomic E-state index is 5.40. The quantitative estimate of drug-likeness (QED) is 0.775. The number of hydrogen-bond donors (Lipinski definition) is 1. The number of nitrogens with zero attached hydrogens (tertiary/aromatic N) is 3. The monoisotopic (exact) mass is 254 g/mol. The Morgan fingerprint density at radius 1 is 1.21 bits per heavy atom. The number of rotatable bonds is 4. The van der Waals surface area contributed by atoms with Gasteiger partial charge >= 0.3 is 6.01 Å². The number of benzene rings is 1. The Hall–Kier alpha value is -2.40. The van der Waals surface area contributed by atoms with Gasteiger partial charge < -0.3 is 9.73 Å². The van der Waals surface area contributed by atoms with Gasteiger partial charge in [0.1, 0.15) is 6.26 Å². The molecule has 1 N–H and O–H groups in total. The van der Waals surface area contributed by atoms with E-state index in [1.165, 1.54) is 0 Å². The first-order chi connectivity index (χ1) is 9.36. The number of nitrogens with one attached hydrogen (secondary N) is 1. The minimum absolute atomic E-state index is 0.479. The van der Waals surface area contributed by atoms with E-state index >= 15 is 0 Å². The molecule has 5 nitrogen and oxygen atoms in total. The van der Waals surface area contributed by atoms with E-state index in [9.17, 15) is 0 Å². The van der Waals surface area contributed by atoms with Crippen LogP contribution in [0.2, 0.25) is 0 Å². The van der Waals surface area contributed by atoms with Crippen molar-refractivity contribution in [2.75, 3.05) is 7.05 Å². The zero-order valence-corrected chi connectivity index (χ0v) is 10.6. The van der Waals surface area contributed by atoms with E-state index in [1.807, 2.05) is 43.6 Å². The third-order valence-electron chi connectivity index (χ3n) is 2.78. The van der Waals surface area contributed by atoms with E-state index in [-0.39, 0.29) is 0 Å². The Balaban J connectivity index is 1.88. The fourth-order valence-electron chi connectivity index (χ4n) is 1.87. The van der Waals surface area contributed by atoms with Crippen LogP contribution in [0.4, 0.5) is 0 Å². The molecule has 0 fully saturated rings. The largest absolute Gasteiger partial charge is 0.430 e. The number of hydrogen-bond acceptors (Lipinski definition) is 4. The number of aromatic nitrogens is 3. The Morgan fingerprint density at radius 2 is 2.05 bits per heavy atom. The molecule has 3 rings (SSSR count). The molecule has 0 spiro atoms. The second-order valence-electron chi connectivity index (χ2n) is 4.19. The summed E-state index contributed by atoms with van der Waals surface area (Å²) in [6, 6.07) is 10.6. The second kappa shape index (κ2) is 5.07. The summed E-state index contributed by atoms with van der Waals surface area (Å²) in [5.74, 6) is 0. The van der Waals surface area contributed by atoms with Gasteiger partial charge in [-0.15, -0.1) is 0 Å². The molecule has 19 heavy (non-hydrogen) atoms. The molecular weight excluding hydrogens is 240 g/mol. The molecule has 0 aliphatic heterocycles. The lowest BCUT2D eigenvalue weighted by atomic mass is 10.1. The molecule has 0 unspecified atom stereocenters. The zero-order chi connectivity index (χ0) is 13.1. The van der Waals surface area contributed by atoms with E-state index in [0.29, 0.717) is 12.6 Å². The van der Waals surface area contributed by atoms with Crippen molar-refractivity contribution in [1.82, 2.24) is 20.1 Å². The highest BCUT2D eigenvalue weighted by Gasteiger charge is 2.08. The van der Waals surface area contributed by atoms with Gasteiger partial charge in [-0.2, -0.15) is 14.8 Å². The Morgan fingerprint density at radius 3 is 2.84 bits per heavy atom. The summed E-state index contributed by atoms with van der Waals surface area (Å²) < 4.78 is 7.04. The van der Waals surface area contributed by atoms with E-state index < -0.39 is 0 Å². The molecular formula is C14H14N4O. The van der Waals surface area contributed by atoms with Crippen LogP contribution >= 0.6 is 0 Å². The molecule has 0 saturated carbocycles. The van der Waals surface area contributed by atoms with Gasteiger partial charge in [0, 0.05) is 18.3 Å². The highest BCUT2D eigenvalue weighted by atomic mass is 16.4. The zero-order valence-electron chi connectivity index (χ0n) is 10.6. The van der Waals surface area contributed by atoms with Crippen LogP contribution in [0.15, 0.2) is 53.4 Å². The fraction of sp³-hybridized carbons (Fsp3) is 0.143. The van der Waals surface area contributed by atoms with Crippen molar-refractivity contribution in [2.24, 2.45) is 0 Å². The molecule has 0 aliphatic carbocycles. The van der Waals surface area contributed by atoms with Crippen molar-refractivity contribution in [3.05, 3.63) is 54.7 Å². The van der Waals surface area contributed by atoms with E-state index in [2.05, 4.69) is 15.4 Å². The molecule has 1 aromatic carbocycles. The van der Waals surface area contributed by atoms with Gasteiger partial charge in [0.2, 0.25) is 0 Å². The summed E-state index contributed by atoms with van der Waals surface area (Å²) in [5.41, 5.74) is 3.01. The summed E-state index contributed by atoms with van der Waals surface area (Å²) in [5, 5.41) is 7.30. The summed E-state index contributed by atoms with van der Waals surface area (Å²) in [7, 11) is 1.87. The minimum atomic E-state index is 0.479. The molecule has 5 heteroatoms. The average molecular weight is 254 g/mol. The minimum Gasteiger partial charge on any atom is -0.430 e. The predicted molar refractivity (Wildman–Crippen MR) is 71.8 cm³/mol. The third kappa shape index (κ3) is 2.41. The van der Waals surface area contributed by atoms with Gasteiger partial charge in [0.15, 0.2) is 0 Å². The van der Waals surface area contributed by atoms with E-state index in [1.54, 1.807) is 17.1 Å². The lowest BCUT2D eigenvalue weighted by Gasteiger charge is -1.94. The van der Waals surface area contributed by atoms with Crippen molar-refractivity contribution in [1.29, 1.82) is 0 Å². The van der Waals surface area contributed by atoms with Crippen LogP contribution < -0.4 is 5.32 Å². The molecule has 0 aliphatic rings. The molecule has 0 saturated heterocycles. The van der Waals surface area contributed by atoms with Gasteiger partial charge in [-0.25, -0.2) is 0 Å². The van der Waals surface area contributed by atoms with Crippen LogP contribution in [-0.2, 0) is 6.54 Å². The summed E-state index contributed by atoms with van der Waals surface area (Å²) in [6.07, 6.45) is 5.34. The maximum atomic E-state index is 5.40. The van der Waals surface area contributed by atoms with Crippen LogP contribution in [0.25, 0.3) is 17.1 Å². The molecule has 96 valence electrons. The van der Waals surface area contributed by atoms with Crippen LogP contribution in [0.3, 0.4) is 0 Å². The first-order valence-electron chi connectivity index (χ1n) is 6.06. The van der Waals surface area contributed by atoms with Crippen molar-refractivity contribution in [2.45, 2.75) is 6.54 Å². The smallest absolute Gasteiger partial charge is 0.322 e. The van der Waals surface area contributed by atoms with Gasteiger partial charge in [0.25, 0.3) is 0 Å². The van der Waals surface area contributed by atoms with Gasteiger partial charge in [-0.05, 0) is 12.6 Å². The highest BCUT2D eigenvalue weighted by molar-refractivity contribution is 5.61. The highest BCUT2D eigenvalue weighted by Crippen LogP contribution is 2.19. The average Bonchev–Trinajstić information content (AvgIpc) is 3.08. The lowest BCUT2D eigenvalue weighted by Crippen LogP contribution is -2.05. The normalized spacial score (nSPS) is 10.8. The third-order valence-corrected chi connectivity index (χ3v) is 2.78. The van der Waals surface area contributed by atoms with Gasteiger partial charge in [-0.1, -0.05) is 30.3 Å². The summed E-state index contributed by atoms with van der Waals surface area (Å²) >= 11 is 0. The molecule has 0 bridgehead atoms. The molecule has 0 atom stereocenters. The SMILES string of the molecule is CNCc1coc(-n2cc(-c3ccccc3)cn2)n1.